The van der Waals surface area contributed by atoms with Crippen LogP contribution in [0.4, 0.5) is 0 Å². The van der Waals surface area contributed by atoms with E-state index in [-0.39, 0.29) is 0 Å². The van der Waals surface area contributed by atoms with Gasteiger partial charge in [0.25, 0.3) is 0 Å². The number of halogens is 1. The summed E-state index contributed by atoms with van der Waals surface area (Å²) in [5, 5.41) is 0. The van der Waals surface area contributed by atoms with Crippen molar-refractivity contribution in [3.63, 3.8) is 0 Å². The predicted molar refractivity (Wildman–Crippen MR) is 60.7 cm³/mol. The third-order valence-electron chi connectivity index (χ3n) is 3.43. The smallest absolute Gasteiger partial charge is 0.175 e. The maximum absolute atomic E-state index is 12.0. The molecule has 0 aliphatic heterocycles. The van der Waals surface area contributed by atoms with Crippen LogP contribution in [0.15, 0.2) is 15.9 Å². The first-order valence-corrected chi connectivity index (χ1v) is 6.64. The standard InChI is InChI=1S/C11H11BrOS/c12-10-2-1-9(14-10)11(13)8-4-6-3-7(6)5-8/h1-2,6-8H,3-5H2. The maximum Gasteiger partial charge on any atom is 0.175 e. The van der Waals surface area contributed by atoms with Crippen molar-refractivity contribution < 1.29 is 4.79 Å². The molecule has 0 radical (unpaired) electrons. The van der Waals surface area contributed by atoms with Crippen molar-refractivity contribution in [3.8, 4) is 0 Å². The molecule has 1 aromatic heterocycles. The molecule has 2 aliphatic rings. The van der Waals surface area contributed by atoms with Crippen LogP contribution in [0.1, 0.15) is 28.9 Å². The zero-order chi connectivity index (χ0) is 9.71. The van der Waals surface area contributed by atoms with Crippen molar-refractivity contribution in [1.29, 1.82) is 0 Å². The van der Waals surface area contributed by atoms with Crippen LogP contribution in [0.25, 0.3) is 0 Å². The summed E-state index contributed by atoms with van der Waals surface area (Å²) in [7, 11) is 0. The van der Waals surface area contributed by atoms with Crippen molar-refractivity contribution in [2.75, 3.05) is 0 Å². The molecule has 2 saturated carbocycles. The summed E-state index contributed by atoms with van der Waals surface area (Å²) in [6.07, 6.45) is 3.69. The number of rotatable bonds is 2. The molecule has 3 heteroatoms. The number of thiophene rings is 1. The van der Waals surface area contributed by atoms with E-state index >= 15 is 0 Å². The summed E-state index contributed by atoms with van der Waals surface area (Å²) < 4.78 is 1.06. The highest BCUT2D eigenvalue weighted by Crippen LogP contribution is 2.55. The number of hydrogen-bond donors (Lipinski definition) is 0. The van der Waals surface area contributed by atoms with Crippen molar-refractivity contribution in [2.45, 2.75) is 19.3 Å². The number of Topliss-reactive ketones (excluding diaryl/α,β-unsaturated/α-hetero) is 1. The largest absolute Gasteiger partial charge is 0.293 e. The third-order valence-corrected chi connectivity index (χ3v) is 5.07. The Morgan fingerprint density at radius 1 is 1.29 bits per heavy atom. The fourth-order valence-electron chi connectivity index (χ4n) is 2.58. The van der Waals surface area contributed by atoms with Gasteiger partial charge in [0.2, 0.25) is 0 Å². The minimum Gasteiger partial charge on any atom is -0.293 e. The van der Waals surface area contributed by atoms with Gasteiger partial charge in [0.05, 0.1) is 8.66 Å². The molecule has 0 N–H and O–H groups in total. The van der Waals surface area contributed by atoms with Gasteiger partial charge in [-0.05, 0) is 59.2 Å². The van der Waals surface area contributed by atoms with Gasteiger partial charge in [-0.3, -0.25) is 4.79 Å². The minimum absolute atomic E-state index is 0.337. The van der Waals surface area contributed by atoms with Crippen molar-refractivity contribution in [2.24, 2.45) is 17.8 Å². The van der Waals surface area contributed by atoms with Crippen molar-refractivity contribution in [3.05, 3.63) is 20.8 Å². The Morgan fingerprint density at radius 3 is 2.57 bits per heavy atom. The Bertz CT molecular complexity index is 374. The first kappa shape index (κ1) is 9.10. The van der Waals surface area contributed by atoms with Crippen molar-refractivity contribution >= 4 is 33.0 Å². The van der Waals surface area contributed by atoms with Crippen LogP contribution in [0, 0.1) is 17.8 Å². The van der Waals surface area contributed by atoms with Gasteiger partial charge in [-0.15, -0.1) is 11.3 Å². The number of hydrogen-bond acceptors (Lipinski definition) is 2. The van der Waals surface area contributed by atoms with Gasteiger partial charge < -0.3 is 0 Å². The highest BCUT2D eigenvalue weighted by Gasteiger charge is 2.48. The summed E-state index contributed by atoms with van der Waals surface area (Å²) in [5.74, 6) is 2.51. The Morgan fingerprint density at radius 2 is 2.00 bits per heavy atom. The Balaban J connectivity index is 1.76. The molecule has 3 rings (SSSR count). The summed E-state index contributed by atoms with van der Waals surface area (Å²) in [4.78, 5) is 12.9. The number of ketones is 1. The molecule has 0 amide bonds. The van der Waals surface area contributed by atoms with E-state index in [1.807, 2.05) is 12.1 Å². The molecule has 2 aliphatic carbocycles. The van der Waals surface area contributed by atoms with Gasteiger partial charge >= 0.3 is 0 Å². The lowest BCUT2D eigenvalue weighted by molar-refractivity contribution is 0.0918. The van der Waals surface area contributed by atoms with Gasteiger partial charge in [0.1, 0.15) is 0 Å². The van der Waals surface area contributed by atoms with Gasteiger partial charge in [0.15, 0.2) is 5.78 Å². The highest BCUT2D eigenvalue weighted by atomic mass is 79.9. The quantitative estimate of drug-likeness (QED) is 0.749. The van der Waals surface area contributed by atoms with E-state index in [0.717, 1.165) is 33.3 Å². The zero-order valence-corrected chi connectivity index (χ0v) is 10.1. The summed E-state index contributed by atoms with van der Waals surface area (Å²) in [6.45, 7) is 0. The molecule has 0 aromatic carbocycles. The molecule has 2 atom stereocenters. The van der Waals surface area contributed by atoms with E-state index in [2.05, 4.69) is 15.9 Å². The molecule has 74 valence electrons. The fourth-order valence-corrected chi connectivity index (χ4v) is 3.98. The molecular weight excluding hydrogens is 260 g/mol. The zero-order valence-electron chi connectivity index (χ0n) is 7.70. The van der Waals surface area contributed by atoms with E-state index < -0.39 is 0 Å². The third kappa shape index (κ3) is 1.47. The van der Waals surface area contributed by atoms with E-state index in [9.17, 15) is 4.79 Å². The molecule has 2 fully saturated rings. The average molecular weight is 271 g/mol. The molecule has 2 unspecified atom stereocenters. The summed E-state index contributed by atoms with van der Waals surface area (Å²) in [5.41, 5.74) is 0. The van der Waals surface area contributed by atoms with Crippen LogP contribution in [-0.4, -0.2) is 5.78 Å². The second kappa shape index (κ2) is 3.17. The van der Waals surface area contributed by atoms with Gasteiger partial charge in [0, 0.05) is 5.92 Å². The lowest BCUT2D eigenvalue weighted by Gasteiger charge is -2.07. The molecule has 1 heterocycles. The van der Waals surface area contributed by atoms with E-state index in [1.54, 1.807) is 11.3 Å². The molecule has 0 bridgehead atoms. The normalized spacial score (nSPS) is 34.2. The summed E-state index contributed by atoms with van der Waals surface area (Å²) in [6, 6.07) is 3.91. The first-order valence-electron chi connectivity index (χ1n) is 5.03. The van der Waals surface area contributed by atoms with Gasteiger partial charge in [-0.2, -0.15) is 0 Å². The minimum atomic E-state index is 0.337. The van der Waals surface area contributed by atoms with Crippen LogP contribution >= 0.6 is 27.3 Å². The van der Waals surface area contributed by atoms with Crippen LogP contribution in [-0.2, 0) is 0 Å². The Kier molecular flexibility index (Phi) is 2.06. The molecule has 0 saturated heterocycles. The number of carbonyl (C=O) groups excluding carboxylic acids is 1. The molecule has 1 aromatic rings. The van der Waals surface area contributed by atoms with Crippen LogP contribution < -0.4 is 0 Å². The van der Waals surface area contributed by atoms with Crippen LogP contribution in [0.2, 0.25) is 0 Å². The second-order valence-corrected chi connectivity index (χ2v) is 6.86. The first-order chi connectivity index (χ1) is 6.74. The van der Waals surface area contributed by atoms with Gasteiger partial charge in [-0.1, -0.05) is 0 Å². The van der Waals surface area contributed by atoms with Gasteiger partial charge in [-0.25, -0.2) is 0 Å². The van der Waals surface area contributed by atoms with E-state index in [0.29, 0.717) is 11.7 Å². The predicted octanol–water partition coefficient (Wildman–Crippen LogP) is 3.74. The lowest BCUT2D eigenvalue weighted by atomic mass is 9.97. The SMILES string of the molecule is O=C(c1ccc(Br)s1)C1CC2CC2C1. The molecular formula is C11H11BrOS. The lowest BCUT2D eigenvalue weighted by Crippen LogP contribution is -2.11. The number of carbonyl (C=O) groups is 1. The van der Waals surface area contributed by atoms with Crippen LogP contribution in [0.5, 0.6) is 0 Å². The maximum atomic E-state index is 12.0. The Hall–Kier alpha value is -0.150. The number of fused-ring (bicyclic) bond motifs is 1. The molecule has 0 spiro atoms. The average Bonchev–Trinajstić information content (AvgIpc) is 2.64. The van der Waals surface area contributed by atoms with Crippen molar-refractivity contribution in [1.82, 2.24) is 0 Å². The second-order valence-electron chi connectivity index (χ2n) is 4.39. The van der Waals surface area contributed by atoms with E-state index in [1.165, 1.54) is 6.42 Å². The summed E-state index contributed by atoms with van der Waals surface area (Å²) >= 11 is 4.96. The Labute approximate surface area is 95.6 Å². The monoisotopic (exact) mass is 270 g/mol. The van der Waals surface area contributed by atoms with E-state index in [4.69, 9.17) is 0 Å². The molecule has 14 heavy (non-hydrogen) atoms. The molecule has 1 nitrogen and oxygen atoms in total. The highest BCUT2D eigenvalue weighted by molar-refractivity contribution is 9.11. The fraction of sp³-hybridized carbons (Fsp3) is 0.545. The van der Waals surface area contributed by atoms with Crippen LogP contribution in [0.3, 0.4) is 0 Å². The topological polar surface area (TPSA) is 17.1 Å².